The average Bonchev–Trinajstić information content (AvgIpc) is 3.01. The largest absolute Gasteiger partial charge is 0.497 e. The van der Waals surface area contributed by atoms with Crippen molar-refractivity contribution in [2.45, 2.75) is 6.92 Å². The minimum atomic E-state index is 0.864. The Kier molecular flexibility index (Phi) is 4.31. The van der Waals surface area contributed by atoms with Crippen molar-refractivity contribution in [3.05, 3.63) is 71.0 Å². The number of ether oxygens (including phenoxy) is 1. The van der Waals surface area contributed by atoms with Crippen molar-refractivity contribution in [1.29, 1.82) is 0 Å². The maximum atomic E-state index is 5.28. The lowest BCUT2D eigenvalue weighted by Gasteiger charge is -2.05. The fraction of sp³-hybridized carbons (Fsp3) is 0.143. The van der Waals surface area contributed by atoms with E-state index in [2.05, 4.69) is 51.2 Å². The van der Waals surface area contributed by atoms with Crippen molar-refractivity contribution in [3.8, 4) is 5.75 Å². The van der Waals surface area contributed by atoms with Gasteiger partial charge in [-0.15, -0.1) is 5.10 Å². The summed E-state index contributed by atoms with van der Waals surface area (Å²) < 4.78 is 8.57. The van der Waals surface area contributed by atoms with Gasteiger partial charge >= 0.3 is 0 Å². The van der Waals surface area contributed by atoms with E-state index in [9.17, 15) is 0 Å². The number of aromatic nitrogens is 1. The number of hydrogen-bond donors (Lipinski definition) is 0. The zero-order valence-electron chi connectivity index (χ0n) is 14.9. The second-order valence-corrected chi connectivity index (χ2v) is 7.13. The lowest BCUT2D eigenvalue weighted by atomic mass is 10.0. The van der Waals surface area contributed by atoms with Crippen molar-refractivity contribution in [1.82, 2.24) is 4.57 Å². The molecule has 5 heteroatoms. The molecule has 4 nitrogen and oxygen atoms in total. The van der Waals surface area contributed by atoms with Crippen LogP contribution in [-0.2, 0) is 7.05 Å². The van der Waals surface area contributed by atoms with Crippen molar-refractivity contribution in [2.24, 2.45) is 17.3 Å². The lowest BCUT2D eigenvalue weighted by molar-refractivity contribution is 0.415. The topological polar surface area (TPSA) is 38.9 Å². The van der Waals surface area contributed by atoms with Gasteiger partial charge in [0.1, 0.15) is 5.75 Å². The number of para-hydroxylation sites is 1. The standard InChI is InChI=1S/C21H19N3OS/c1-14(15-8-9-17-13-18(25-3)11-10-16(17)12-15)22-23-21-24(2)19-6-4-5-7-20(19)26-21/h4-13H,1-3H3/b22-14+,23-21-. The van der Waals surface area contributed by atoms with Gasteiger partial charge in [-0.2, -0.15) is 5.10 Å². The summed E-state index contributed by atoms with van der Waals surface area (Å²) in [4.78, 5) is 0.885. The molecule has 130 valence electrons. The second kappa shape index (κ2) is 6.77. The Hall–Kier alpha value is -2.92. The smallest absolute Gasteiger partial charge is 0.211 e. The van der Waals surface area contributed by atoms with Crippen LogP contribution in [0.1, 0.15) is 12.5 Å². The molecular formula is C21H19N3OS. The molecule has 0 fully saturated rings. The molecule has 0 saturated heterocycles. The first-order valence-electron chi connectivity index (χ1n) is 8.37. The minimum absolute atomic E-state index is 0.864. The first kappa shape index (κ1) is 16.5. The Labute approximate surface area is 155 Å². The maximum Gasteiger partial charge on any atom is 0.211 e. The maximum absolute atomic E-state index is 5.28. The summed E-state index contributed by atoms with van der Waals surface area (Å²) in [7, 11) is 3.70. The van der Waals surface area contributed by atoms with E-state index in [1.807, 2.05) is 38.2 Å². The van der Waals surface area contributed by atoms with E-state index in [0.717, 1.165) is 32.6 Å². The van der Waals surface area contributed by atoms with Gasteiger partial charge < -0.3 is 9.30 Å². The van der Waals surface area contributed by atoms with Crippen molar-refractivity contribution in [2.75, 3.05) is 7.11 Å². The van der Waals surface area contributed by atoms with Gasteiger partial charge in [-0.25, -0.2) is 0 Å². The first-order chi connectivity index (χ1) is 12.7. The molecule has 0 radical (unpaired) electrons. The molecule has 0 unspecified atom stereocenters. The van der Waals surface area contributed by atoms with Crippen LogP contribution in [0.25, 0.3) is 21.0 Å². The number of hydrogen-bond acceptors (Lipinski definition) is 4. The van der Waals surface area contributed by atoms with Crippen LogP contribution in [0.3, 0.4) is 0 Å². The third-order valence-corrected chi connectivity index (χ3v) is 5.57. The van der Waals surface area contributed by atoms with Gasteiger partial charge in [-0.3, -0.25) is 0 Å². The quantitative estimate of drug-likeness (QED) is 0.384. The molecule has 0 aliphatic rings. The fourth-order valence-corrected chi connectivity index (χ4v) is 3.90. The zero-order chi connectivity index (χ0) is 18.1. The summed E-state index contributed by atoms with van der Waals surface area (Å²) in [6.45, 7) is 1.99. The van der Waals surface area contributed by atoms with Crippen LogP contribution in [0, 0.1) is 0 Å². The zero-order valence-corrected chi connectivity index (χ0v) is 15.7. The van der Waals surface area contributed by atoms with Crippen LogP contribution < -0.4 is 9.54 Å². The van der Waals surface area contributed by atoms with Gasteiger partial charge in [0, 0.05) is 7.05 Å². The lowest BCUT2D eigenvalue weighted by Crippen LogP contribution is -2.09. The molecule has 0 N–H and O–H groups in total. The number of rotatable bonds is 3. The molecule has 0 saturated carbocycles. The van der Waals surface area contributed by atoms with Gasteiger partial charge in [-0.1, -0.05) is 41.7 Å². The highest BCUT2D eigenvalue weighted by Crippen LogP contribution is 2.22. The van der Waals surface area contributed by atoms with Gasteiger partial charge in [-0.05, 0) is 53.6 Å². The van der Waals surface area contributed by atoms with Gasteiger partial charge in [0.15, 0.2) is 0 Å². The Morgan fingerprint density at radius 3 is 2.58 bits per heavy atom. The summed E-state index contributed by atoms with van der Waals surface area (Å²) in [5.41, 5.74) is 3.12. The molecule has 0 spiro atoms. The highest BCUT2D eigenvalue weighted by atomic mass is 32.1. The Morgan fingerprint density at radius 2 is 1.77 bits per heavy atom. The number of aryl methyl sites for hydroxylation is 1. The number of fused-ring (bicyclic) bond motifs is 2. The monoisotopic (exact) mass is 361 g/mol. The Morgan fingerprint density at radius 1 is 1.00 bits per heavy atom. The molecule has 4 aromatic rings. The van der Waals surface area contributed by atoms with Crippen molar-refractivity contribution >= 4 is 38.0 Å². The number of methoxy groups -OCH3 is 1. The van der Waals surface area contributed by atoms with Crippen LogP contribution in [0.15, 0.2) is 70.9 Å². The SMILES string of the molecule is COc1ccc2cc(/C(C)=N/N=c3\sc4ccccc4n3C)ccc2c1. The van der Waals surface area contributed by atoms with Crippen LogP contribution in [0.5, 0.6) is 5.75 Å². The molecule has 4 rings (SSSR count). The number of thiazole rings is 1. The van der Waals surface area contributed by atoms with Gasteiger partial charge in [0.05, 0.1) is 23.0 Å². The molecule has 1 heterocycles. The van der Waals surface area contributed by atoms with Crippen LogP contribution in [0.2, 0.25) is 0 Å². The van der Waals surface area contributed by atoms with Crippen molar-refractivity contribution < 1.29 is 4.74 Å². The molecular weight excluding hydrogens is 342 g/mol. The van der Waals surface area contributed by atoms with Gasteiger partial charge in [0.2, 0.25) is 4.80 Å². The molecule has 26 heavy (non-hydrogen) atoms. The molecule has 0 aliphatic carbocycles. The Balaban J connectivity index is 1.73. The van der Waals surface area contributed by atoms with Crippen molar-refractivity contribution in [3.63, 3.8) is 0 Å². The molecule has 0 atom stereocenters. The highest BCUT2D eigenvalue weighted by Gasteiger charge is 2.03. The van der Waals surface area contributed by atoms with E-state index in [1.165, 1.54) is 10.2 Å². The third-order valence-electron chi connectivity index (χ3n) is 4.47. The Bertz CT molecular complexity index is 1200. The second-order valence-electron chi connectivity index (χ2n) is 6.12. The fourth-order valence-electron chi connectivity index (χ4n) is 2.93. The van der Waals surface area contributed by atoms with Crippen LogP contribution in [-0.4, -0.2) is 17.4 Å². The first-order valence-corrected chi connectivity index (χ1v) is 9.18. The number of nitrogens with zero attached hydrogens (tertiary/aromatic N) is 3. The average molecular weight is 361 g/mol. The summed E-state index contributed by atoms with van der Waals surface area (Å²) in [6, 6.07) is 20.6. The van der Waals surface area contributed by atoms with Crippen LogP contribution >= 0.6 is 11.3 Å². The summed E-state index contributed by atoms with van der Waals surface area (Å²) in [5.74, 6) is 0.864. The van der Waals surface area contributed by atoms with E-state index < -0.39 is 0 Å². The number of benzene rings is 3. The van der Waals surface area contributed by atoms with E-state index in [-0.39, 0.29) is 0 Å². The highest BCUT2D eigenvalue weighted by molar-refractivity contribution is 7.16. The summed E-state index contributed by atoms with van der Waals surface area (Å²) in [5, 5.41) is 11.2. The normalized spacial score (nSPS) is 12.9. The predicted octanol–water partition coefficient (Wildman–Crippen LogP) is 4.73. The third kappa shape index (κ3) is 3.02. The van der Waals surface area contributed by atoms with E-state index >= 15 is 0 Å². The summed E-state index contributed by atoms with van der Waals surface area (Å²) >= 11 is 1.64. The van der Waals surface area contributed by atoms with Crippen LogP contribution in [0.4, 0.5) is 0 Å². The molecule has 0 bridgehead atoms. The summed E-state index contributed by atoms with van der Waals surface area (Å²) in [6.07, 6.45) is 0. The predicted molar refractivity (Wildman–Crippen MR) is 109 cm³/mol. The molecule has 3 aromatic carbocycles. The molecule has 0 amide bonds. The van der Waals surface area contributed by atoms with E-state index in [1.54, 1.807) is 18.4 Å². The van der Waals surface area contributed by atoms with E-state index in [4.69, 9.17) is 4.74 Å². The molecule has 0 aliphatic heterocycles. The van der Waals surface area contributed by atoms with E-state index in [0.29, 0.717) is 0 Å². The minimum Gasteiger partial charge on any atom is -0.497 e. The van der Waals surface area contributed by atoms with Gasteiger partial charge in [0.25, 0.3) is 0 Å². The molecule has 1 aromatic heterocycles.